The Morgan fingerprint density at radius 1 is 1.17 bits per heavy atom. The molecule has 0 spiro atoms. The Bertz CT molecular complexity index is 407. The van der Waals surface area contributed by atoms with Crippen molar-refractivity contribution in [1.29, 1.82) is 0 Å². The third-order valence-electron chi connectivity index (χ3n) is 2.78. The van der Waals surface area contributed by atoms with Crippen molar-refractivity contribution in [3.63, 3.8) is 0 Å². The van der Waals surface area contributed by atoms with Gasteiger partial charge in [-0.1, -0.05) is 43.1 Å². The molecule has 0 radical (unpaired) electrons. The topological polar surface area (TPSA) is 20.3 Å². The van der Waals surface area contributed by atoms with Crippen LogP contribution in [0, 0.1) is 0 Å². The van der Waals surface area contributed by atoms with Crippen molar-refractivity contribution in [2.24, 2.45) is 0 Å². The van der Waals surface area contributed by atoms with Crippen molar-refractivity contribution in [3.8, 4) is 0 Å². The number of carbonyl (C=O) groups is 1. The molecule has 1 aromatic carbocycles. The van der Waals surface area contributed by atoms with Crippen LogP contribution in [0.1, 0.15) is 38.7 Å². The number of amides is 1. The Morgan fingerprint density at radius 2 is 1.89 bits per heavy atom. The molecule has 0 aromatic heterocycles. The summed E-state index contributed by atoms with van der Waals surface area (Å²) < 4.78 is 0. The monoisotopic (exact) mass is 287 g/mol. The third-order valence-corrected chi connectivity index (χ3v) is 3.52. The zero-order chi connectivity index (χ0) is 13.5. The second-order valence-corrected chi connectivity index (χ2v) is 4.84. The smallest absolute Gasteiger partial charge is 0.222 e. The van der Waals surface area contributed by atoms with E-state index in [1.807, 2.05) is 30.9 Å². The maximum atomic E-state index is 11.6. The summed E-state index contributed by atoms with van der Waals surface area (Å²) in [6.07, 6.45) is 2.77. The quantitative estimate of drug-likeness (QED) is 0.782. The minimum Gasteiger partial charge on any atom is -0.338 e. The standard InChI is InChI=1S/C12H13Cl2NO.C2H6/c13-10-5-4-9(7-11(10)14)8-15-6-2-1-3-12(15)16;1-2/h4-5,7H,1-3,6,8H2;1-2H3. The van der Waals surface area contributed by atoms with Crippen LogP contribution >= 0.6 is 23.2 Å². The molecule has 2 rings (SSSR count). The Labute approximate surface area is 119 Å². The Morgan fingerprint density at radius 3 is 2.50 bits per heavy atom. The predicted molar refractivity (Wildman–Crippen MR) is 77.1 cm³/mol. The molecule has 0 aliphatic carbocycles. The molecule has 2 nitrogen and oxygen atoms in total. The van der Waals surface area contributed by atoms with E-state index in [0.29, 0.717) is 23.0 Å². The number of nitrogens with zero attached hydrogens (tertiary/aromatic N) is 1. The van der Waals surface area contributed by atoms with E-state index in [-0.39, 0.29) is 5.91 Å². The number of hydrogen-bond donors (Lipinski definition) is 0. The second kappa shape index (κ2) is 7.65. The number of hydrogen-bond acceptors (Lipinski definition) is 1. The predicted octanol–water partition coefficient (Wildman–Crippen LogP) is 4.53. The van der Waals surface area contributed by atoms with E-state index in [9.17, 15) is 4.79 Å². The first kappa shape index (κ1) is 15.3. The lowest BCUT2D eigenvalue weighted by atomic mass is 10.1. The van der Waals surface area contributed by atoms with Crippen LogP contribution in [0.25, 0.3) is 0 Å². The lowest BCUT2D eigenvalue weighted by molar-refractivity contribution is -0.133. The summed E-state index contributed by atoms with van der Waals surface area (Å²) in [5, 5.41) is 1.10. The Hall–Kier alpha value is -0.730. The number of benzene rings is 1. The summed E-state index contributed by atoms with van der Waals surface area (Å²) in [5.74, 6) is 0.234. The normalized spacial score (nSPS) is 15.1. The van der Waals surface area contributed by atoms with E-state index in [0.717, 1.165) is 24.9 Å². The van der Waals surface area contributed by atoms with Gasteiger partial charge >= 0.3 is 0 Å². The molecule has 1 heterocycles. The van der Waals surface area contributed by atoms with Crippen molar-refractivity contribution in [3.05, 3.63) is 33.8 Å². The summed E-state index contributed by atoms with van der Waals surface area (Å²) in [4.78, 5) is 13.5. The van der Waals surface area contributed by atoms with Gasteiger partial charge in [0, 0.05) is 19.5 Å². The van der Waals surface area contributed by atoms with E-state index in [2.05, 4.69) is 0 Å². The highest BCUT2D eigenvalue weighted by atomic mass is 35.5. The second-order valence-electron chi connectivity index (χ2n) is 4.02. The van der Waals surface area contributed by atoms with Crippen molar-refractivity contribution in [1.82, 2.24) is 4.90 Å². The lowest BCUT2D eigenvalue weighted by Gasteiger charge is -2.26. The van der Waals surface area contributed by atoms with Crippen LogP contribution in [-0.4, -0.2) is 17.4 Å². The number of rotatable bonds is 2. The fourth-order valence-corrected chi connectivity index (χ4v) is 2.21. The molecule has 4 heteroatoms. The molecule has 100 valence electrons. The molecule has 1 fully saturated rings. The van der Waals surface area contributed by atoms with Gasteiger partial charge in [-0.3, -0.25) is 4.79 Å². The first-order valence-electron chi connectivity index (χ1n) is 6.38. The zero-order valence-corrected chi connectivity index (χ0v) is 12.4. The molecular weight excluding hydrogens is 269 g/mol. The van der Waals surface area contributed by atoms with Gasteiger partial charge in [0.05, 0.1) is 10.0 Å². The van der Waals surface area contributed by atoms with E-state index in [1.165, 1.54) is 0 Å². The summed E-state index contributed by atoms with van der Waals surface area (Å²) >= 11 is 11.8. The Kier molecular flexibility index (Phi) is 6.51. The SMILES string of the molecule is CC.O=C1CCCCN1Cc1ccc(Cl)c(Cl)c1. The third kappa shape index (κ3) is 4.18. The lowest BCUT2D eigenvalue weighted by Crippen LogP contribution is -2.34. The summed E-state index contributed by atoms with van der Waals surface area (Å²) in [7, 11) is 0. The van der Waals surface area contributed by atoms with E-state index < -0.39 is 0 Å². The first-order chi connectivity index (χ1) is 8.66. The molecule has 0 N–H and O–H groups in total. The molecule has 1 aromatic rings. The van der Waals surface area contributed by atoms with Gasteiger partial charge in [0.25, 0.3) is 0 Å². The molecule has 1 saturated heterocycles. The zero-order valence-electron chi connectivity index (χ0n) is 10.9. The van der Waals surface area contributed by atoms with Gasteiger partial charge in [-0.25, -0.2) is 0 Å². The minimum atomic E-state index is 0.234. The molecule has 1 aliphatic rings. The van der Waals surface area contributed by atoms with Crippen molar-refractivity contribution in [2.45, 2.75) is 39.7 Å². The van der Waals surface area contributed by atoms with Gasteiger partial charge < -0.3 is 4.90 Å². The largest absolute Gasteiger partial charge is 0.338 e. The van der Waals surface area contributed by atoms with Gasteiger partial charge in [0.1, 0.15) is 0 Å². The minimum absolute atomic E-state index is 0.234. The van der Waals surface area contributed by atoms with Crippen LogP contribution in [0.4, 0.5) is 0 Å². The fourth-order valence-electron chi connectivity index (χ4n) is 1.89. The first-order valence-corrected chi connectivity index (χ1v) is 7.14. The van der Waals surface area contributed by atoms with Crippen LogP contribution in [0.2, 0.25) is 10.0 Å². The van der Waals surface area contributed by atoms with Gasteiger partial charge in [0.2, 0.25) is 5.91 Å². The number of halogens is 2. The highest BCUT2D eigenvalue weighted by molar-refractivity contribution is 6.42. The number of piperidine rings is 1. The van der Waals surface area contributed by atoms with Crippen molar-refractivity contribution < 1.29 is 4.79 Å². The average Bonchev–Trinajstić information content (AvgIpc) is 2.39. The average molecular weight is 288 g/mol. The molecule has 0 unspecified atom stereocenters. The van der Waals surface area contributed by atoms with Crippen LogP contribution in [0.5, 0.6) is 0 Å². The molecular formula is C14H19Cl2NO. The summed E-state index contributed by atoms with van der Waals surface area (Å²) in [5.41, 5.74) is 1.03. The van der Waals surface area contributed by atoms with Crippen LogP contribution in [-0.2, 0) is 11.3 Å². The Balaban J connectivity index is 0.000000771. The molecule has 0 bridgehead atoms. The molecule has 18 heavy (non-hydrogen) atoms. The highest BCUT2D eigenvalue weighted by Gasteiger charge is 2.18. The number of carbonyl (C=O) groups excluding carboxylic acids is 1. The van der Waals surface area contributed by atoms with Gasteiger partial charge in [-0.15, -0.1) is 0 Å². The van der Waals surface area contributed by atoms with Crippen LogP contribution in [0.15, 0.2) is 18.2 Å². The molecule has 0 atom stereocenters. The fraction of sp³-hybridized carbons (Fsp3) is 0.500. The van der Waals surface area contributed by atoms with Crippen LogP contribution in [0.3, 0.4) is 0 Å². The van der Waals surface area contributed by atoms with Gasteiger partial charge in [0.15, 0.2) is 0 Å². The van der Waals surface area contributed by atoms with E-state index in [1.54, 1.807) is 6.07 Å². The molecule has 1 amide bonds. The maximum Gasteiger partial charge on any atom is 0.222 e. The van der Waals surface area contributed by atoms with E-state index in [4.69, 9.17) is 23.2 Å². The van der Waals surface area contributed by atoms with E-state index >= 15 is 0 Å². The van der Waals surface area contributed by atoms with Crippen LogP contribution < -0.4 is 0 Å². The van der Waals surface area contributed by atoms with Gasteiger partial charge in [-0.2, -0.15) is 0 Å². The summed E-state index contributed by atoms with van der Waals surface area (Å²) in [6.45, 7) is 5.48. The maximum absolute atomic E-state index is 11.6. The van der Waals surface area contributed by atoms with Crippen molar-refractivity contribution >= 4 is 29.1 Å². The summed E-state index contributed by atoms with van der Waals surface area (Å²) in [6, 6.07) is 5.51. The molecule has 1 aliphatic heterocycles. The van der Waals surface area contributed by atoms with Crippen molar-refractivity contribution in [2.75, 3.05) is 6.54 Å². The van der Waals surface area contributed by atoms with Gasteiger partial charge in [-0.05, 0) is 30.5 Å². The molecule has 0 saturated carbocycles. The highest BCUT2D eigenvalue weighted by Crippen LogP contribution is 2.24. The number of likely N-dealkylation sites (tertiary alicyclic amines) is 1.